The molecule has 22 heavy (non-hydrogen) atoms. The lowest BCUT2D eigenvalue weighted by atomic mass is 10.4. The molecular formula is C13H14N4O3S2. The van der Waals surface area contributed by atoms with Crippen molar-refractivity contribution in [3.8, 4) is 11.5 Å². The number of sulfonamides is 1. The van der Waals surface area contributed by atoms with Gasteiger partial charge in [0.1, 0.15) is 4.21 Å². The van der Waals surface area contributed by atoms with Crippen molar-refractivity contribution < 1.29 is 12.9 Å². The van der Waals surface area contributed by atoms with Crippen molar-refractivity contribution in [2.45, 2.75) is 17.7 Å². The number of aryl methyl sites for hydroxylation is 2. The van der Waals surface area contributed by atoms with Crippen LogP contribution in [0.2, 0.25) is 0 Å². The van der Waals surface area contributed by atoms with Gasteiger partial charge in [-0.25, -0.2) is 13.1 Å². The third kappa shape index (κ3) is 2.96. The molecule has 0 amide bonds. The molecule has 3 aromatic rings. The molecule has 0 spiro atoms. The predicted molar refractivity (Wildman–Crippen MR) is 81.8 cm³/mol. The normalized spacial score (nSPS) is 11.9. The topological polar surface area (TPSA) is 90.0 Å². The third-order valence-electron chi connectivity index (χ3n) is 3.03. The molecule has 0 aliphatic carbocycles. The van der Waals surface area contributed by atoms with Crippen LogP contribution in [-0.2, 0) is 23.6 Å². The van der Waals surface area contributed by atoms with E-state index in [1.165, 1.54) is 11.3 Å². The van der Waals surface area contributed by atoms with E-state index in [0.717, 1.165) is 10.6 Å². The van der Waals surface area contributed by atoms with Gasteiger partial charge >= 0.3 is 0 Å². The fourth-order valence-electron chi connectivity index (χ4n) is 1.91. The summed E-state index contributed by atoms with van der Waals surface area (Å²) < 4.78 is 33.9. The molecule has 0 aliphatic rings. The van der Waals surface area contributed by atoms with E-state index < -0.39 is 10.0 Å². The Kier molecular flexibility index (Phi) is 3.85. The van der Waals surface area contributed by atoms with E-state index in [2.05, 4.69) is 14.9 Å². The summed E-state index contributed by atoms with van der Waals surface area (Å²) in [6.07, 6.45) is 1.87. The monoisotopic (exact) mass is 338 g/mol. The van der Waals surface area contributed by atoms with Crippen LogP contribution in [0.5, 0.6) is 0 Å². The van der Waals surface area contributed by atoms with E-state index in [1.807, 2.05) is 36.9 Å². The van der Waals surface area contributed by atoms with Crippen LogP contribution in [-0.4, -0.2) is 23.1 Å². The van der Waals surface area contributed by atoms with Crippen LogP contribution in [0.4, 0.5) is 0 Å². The highest BCUT2D eigenvalue weighted by atomic mass is 32.2. The van der Waals surface area contributed by atoms with Gasteiger partial charge in [0.05, 0.1) is 12.2 Å². The van der Waals surface area contributed by atoms with E-state index in [4.69, 9.17) is 4.52 Å². The minimum atomic E-state index is -3.55. The molecule has 3 heterocycles. The Labute approximate surface area is 131 Å². The minimum absolute atomic E-state index is 0.0449. The summed E-state index contributed by atoms with van der Waals surface area (Å²) in [5.74, 6) is 0.640. The molecule has 0 aromatic carbocycles. The Bertz CT molecular complexity index is 892. The highest BCUT2D eigenvalue weighted by molar-refractivity contribution is 7.91. The van der Waals surface area contributed by atoms with Crippen LogP contribution in [0, 0.1) is 6.92 Å². The first kappa shape index (κ1) is 14.9. The summed E-state index contributed by atoms with van der Waals surface area (Å²) in [7, 11) is -1.69. The number of hydrogen-bond acceptors (Lipinski definition) is 6. The van der Waals surface area contributed by atoms with Crippen molar-refractivity contribution in [1.29, 1.82) is 0 Å². The third-order valence-corrected chi connectivity index (χ3v) is 5.93. The van der Waals surface area contributed by atoms with Crippen LogP contribution in [0.15, 0.2) is 39.2 Å². The fraction of sp³-hybridized carbons (Fsp3) is 0.231. The van der Waals surface area contributed by atoms with E-state index in [0.29, 0.717) is 5.82 Å². The van der Waals surface area contributed by atoms with Crippen LogP contribution in [0.1, 0.15) is 10.8 Å². The van der Waals surface area contributed by atoms with Crippen molar-refractivity contribution in [2.75, 3.05) is 0 Å². The molecule has 3 aromatic heterocycles. The summed E-state index contributed by atoms with van der Waals surface area (Å²) in [5, 5.41) is 3.86. The zero-order chi connectivity index (χ0) is 15.7. The maximum Gasteiger partial charge on any atom is 0.250 e. The zero-order valence-corrected chi connectivity index (χ0v) is 13.6. The highest BCUT2D eigenvalue weighted by Crippen LogP contribution is 2.21. The minimum Gasteiger partial charge on any atom is -0.348 e. The van der Waals surface area contributed by atoms with Gasteiger partial charge in [-0.05, 0) is 31.2 Å². The van der Waals surface area contributed by atoms with Crippen molar-refractivity contribution in [2.24, 2.45) is 7.05 Å². The lowest BCUT2D eigenvalue weighted by Gasteiger charge is -2.00. The second kappa shape index (κ2) is 5.67. The molecule has 0 unspecified atom stereocenters. The lowest BCUT2D eigenvalue weighted by Crippen LogP contribution is -2.22. The zero-order valence-electron chi connectivity index (χ0n) is 12.0. The molecule has 0 bridgehead atoms. The Hall–Kier alpha value is -1.97. The molecule has 116 valence electrons. The number of nitrogens with one attached hydrogen (secondary N) is 1. The van der Waals surface area contributed by atoms with Crippen LogP contribution < -0.4 is 4.72 Å². The number of aromatic nitrogens is 3. The van der Waals surface area contributed by atoms with E-state index >= 15 is 0 Å². The summed E-state index contributed by atoms with van der Waals surface area (Å²) in [4.78, 5) is 5.13. The summed E-state index contributed by atoms with van der Waals surface area (Å²) >= 11 is 1.21. The first-order valence-electron chi connectivity index (χ1n) is 6.46. The summed E-state index contributed by atoms with van der Waals surface area (Å²) in [5.41, 5.74) is 0.798. The first-order valence-corrected chi connectivity index (χ1v) is 8.76. The van der Waals surface area contributed by atoms with Crippen LogP contribution in [0.25, 0.3) is 11.5 Å². The van der Waals surface area contributed by atoms with Gasteiger partial charge in [0.2, 0.25) is 11.7 Å². The Morgan fingerprint density at radius 1 is 1.36 bits per heavy atom. The average molecular weight is 338 g/mol. The number of thiophene rings is 1. The van der Waals surface area contributed by atoms with Gasteiger partial charge in [-0.2, -0.15) is 4.98 Å². The first-order chi connectivity index (χ1) is 10.5. The predicted octanol–water partition coefficient (Wildman–Crippen LogP) is 1.92. The van der Waals surface area contributed by atoms with Gasteiger partial charge in [0.15, 0.2) is 0 Å². The van der Waals surface area contributed by atoms with E-state index in [-0.39, 0.29) is 16.6 Å². The lowest BCUT2D eigenvalue weighted by molar-refractivity contribution is 0.375. The van der Waals surface area contributed by atoms with Gasteiger partial charge in [-0.3, -0.25) is 0 Å². The number of nitrogens with zero attached hydrogens (tertiary/aromatic N) is 3. The van der Waals surface area contributed by atoms with E-state index in [9.17, 15) is 8.42 Å². The maximum atomic E-state index is 12.1. The summed E-state index contributed by atoms with van der Waals surface area (Å²) in [6, 6.07) is 7.06. The van der Waals surface area contributed by atoms with Gasteiger partial charge < -0.3 is 9.09 Å². The molecule has 1 N–H and O–H groups in total. The molecule has 0 fully saturated rings. The van der Waals surface area contributed by atoms with Crippen molar-refractivity contribution in [3.63, 3.8) is 0 Å². The van der Waals surface area contributed by atoms with Gasteiger partial charge in [-0.15, -0.1) is 11.3 Å². The molecule has 9 heteroatoms. The van der Waals surface area contributed by atoms with Gasteiger partial charge in [0, 0.05) is 18.1 Å². The molecule has 0 saturated heterocycles. The SMILES string of the molecule is Cc1ccc(S(=O)(=O)NCc2nc(-c3cccn3C)no2)s1. The molecule has 7 nitrogen and oxygen atoms in total. The quantitative estimate of drug-likeness (QED) is 0.767. The molecule has 0 saturated carbocycles. The smallest absolute Gasteiger partial charge is 0.250 e. The molecule has 3 rings (SSSR count). The van der Waals surface area contributed by atoms with Gasteiger partial charge in [0.25, 0.3) is 10.0 Å². The molecule has 0 radical (unpaired) electrons. The Balaban J connectivity index is 1.72. The van der Waals surface area contributed by atoms with Crippen LogP contribution in [0.3, 0.4) is 0 Å². The maximum absolute atomic E-state index is 12.1. The van der Waals surface area contributed by atoms with Crippen molar-refractivity contribution >= 4 is 21.4 Å². The molecule has 0 aliphatic heterocycles. The van der Waals surface area contributed by atoms with E-state index in [1.54, 1.807) is 12.1 Å². The molecular weight excluding hydrogens is 324 g/mol. The number of hydrogen-bond donors (Lipinski definition) is 1. The second-order valence-electron chi connectivity index (χ2n) is 4.71. The molecule has 0 atom stereocenters. The summed E-state index contributed by atoms with van der Waals surface area (Å²) in [6.45, 7) is 1.81. The number of rotatable bonds is 5. The fourth-order valence-corrected chi connectivity index (χ4v) is 4.21. The van der Waals surface area contributed by atoms with Crippen LogP contribution >= 0.6 is 11.3 Å². The largest absolute Gasteiger partial charge is 0.348 e. The average Bonchev–Trinajstić information content (AvgIpc) is 3.17. The Morgan fingerprint density at radius 3 is 2.82 bits per heavy atom. The highest BCUT2D eigenvalue weighted by Gasteiger charge is 2.18. The van der Waals surface area contributed by atoms with Crippen molar-refractivity contribution in [1.82, 2.24) is 19.4 Å². The van der Waals surface area contributed by atoms with Crippen molar-refractivity contribution in [3.05, 3.63) is 41.2 Å². The van der Waals surface area contributed by atoms with Gasteiger partial charge in [-0.1, -0.05) is 5.16 Å². The Morgan fingerprint density at radius 2 is 2.18 bits per heavy atom. The second-order valence-corrected chi connectivity index (χ2v) is 7.99. The standard InChI is InChI=1S/C13H14N4O3S2/c1-9-5-6-12(21-9)22(18,19)14-8-11-15-13(16-20-11)10-4-3-7-17(10)2/h3-7,14H,8H2,1-2H3.